The third-order valence-electron chi connectivity index (χ3n) is 2.93. The summed E-state index contributed by atoms with van der Waals surface area (Å²) in [6.07, 6.45) is 3.39. The zero-order valence-electron chi connectivity index (χ0n) is 10.4. The van der Waals surface area contributed by atoms with Crippen LogP contribution in [0.2, 0.25) is 0 Å². The molecule has 15 heavy (non-hydrogen) atoms. The molecule has 3 nitrogen and oxygen atoms in total. The molecular weight excluding hydrogens is 190 g/mol. The minimum Gasteiger partial charge on any atom is -0.411 e. The fourth-order valence-corrected chi connectivity index (χ4v) is 1.93. The Bertz CT molecular complexity index is 192. The molecule has 0 aliphatic rings. The molecule has 0 fully saturated rings. The Morgan fingerprint density at radius 2 is 1.67 bits per heavy atom. The van der Waals surface area contributed by atoms with Crippen molar-refractivity contribution >= 4 is 5.71 Å². The Hall–Kier alpha value is -0.570. The van der Waals surface area contributed by atoms with E-state index in [9.17, 15) is 5.11 Å². The van der Waals surface area contributed by atoms with Crippen molar-refractivity contribution < 1.29 is 10.3 Å². The lowest BCUT2D eigenvalue weighted by atomic mass is 9.88. The summed E-state index contributed by atoms with van der Waals surface area (Å²) in [4.78, 5) is 0. The summed E-state index contributed by atoms with van der Waals surface area (Å²) in [5, 5.41) is 22.2. The smallest absolute Gasteiger partial charge is 0.0982 e. The largest absolute Gasteiger partial charge is 0.411 e. The first-order chi connectivity index (χ1) is 7.08. The van der Waals surface area contributed by atoms with Gasteiger partial charge in [-0.25, -0.2) is 0 Å². The van der Waals surface area contributed by atoms with E-state index < -0.39 is 6.10 Å². The van der Waals surface area contributed by atoms with Gasteiger partial charge in [-0.15, -0.1) is 0 Å². The molecule has 0 spiro atoms. The number of hydrogen-bond donors (Lipinski definition) is 2. The number of hydrogen-bond acceptors (Lipinski definition) is 3. The molecule has 0 rings (SSSR count). The predicted octanol–water partition coefficient (Wildman–Crippen LogP) is 3.05. The number of aliphatic hydroxyl groups excluding tert-OH is 1. The maximum atomic E-state index is 10.0. The van der Waals surface area contributed by atoms with Crippen LogP contribution in [0.5, 0.6) is 0 Å². The molecule has 0 aromatic heterocycles. The van der Waals surface area contributed by atoms with Crippen molar-refractivity contribution in [3.63, 3.8) is 0 Å². The van der Waals surface area contributed by atoms with Crippen molar-refractivity contribution in [1.82, 2.24) is 0 Å². The highest BCUT2D eigenvalue weighted by molar-refractivity contribution is 5.90. The van der Waals surface area contributed by atoms with Crippen LogP contribution in [0.3, 0.4) is 0 Å². The van der Waals surface area contributed by atoms with Crippen molar-refractivity contribution in [2.45, 2.75) is 59.5 Å². The third-order valence-corrected chi connectivity index (χ3v) is 2.93. The second-order valence-electron chi connectivity index (χ2n) is 4.43. The highest BCUT2D eigenvalue weighted by Crippen LogP contribution is 2.18. The molecular formula is C12H25NO2. The fourth-order valence-electron chi connectivity index (χ4n) is 1.93. The molecule has 0 saturated heterocycles. The molecule has 3 unspecified atom stereocenters. The normalized spacial score (nSPS) is 18.6. The van der Waals surface area contributed by atoms with E-state index in [0.29, 0.717) is 5.71 Å². The number of oxime groups is 1. The van der Waals surface area contributed by atoms with Crippen molar-refractivity contribution in [3.8, 4) is 0 Å². The highest BCUT2D eigenvalue weighted by atomic mass is 16.4. The molecule has 0 radical (unpaired) electrons. The van der Waals surface area contributed by atoms with Crippen molar-refractivity contribution in [3.05, 3.63) is 0 Å². The lowest BCUT2D eigenvalue weighted by Gasteiger charge is -2.23. The maximum absolute atomic E-state index is 10.0. The standard InChI is InChI=1S/C12H25NO2/c1-5-7-9(3)11(13-15)12(14)10(4)8-6-2/h9-10,12,14-15H,5-8H2,1-4H3/b13-11+. The Labute approximate surface area is 93.2 Å². The minimum absolute atomic E-state index is 0.161. The van der Waals surface area contributed by atoms with Gasteiger partial charge in [0.25, 0.3) is 0 Å². The quantitative estimate of drug-likeness (QED) is 0.389. The van der Waals surface area contributed by atoms with Gasteiger partial charge < -0.3 is 10.3 Å². The number of rotatable bonds is 7. The average Bonchev–Trinajstić information content (AvgIpc) is 2.19. The van der Waals surface area contributed by atoms with Crippen LogP contribution in [0.4, 0.5) is 0 Å². The first-order valence-corrected chi connectivity index (χ1v) is 5.98. The van der Waals surface area contributed by atoms with Crippen LogP contribution in [-0.2, 0) is 0 Å². The van der Waals surface area contributed by atoms with Crippen molar-refractivity contribution in [1.29, 1.82) is 0 Å². The van der Waals surface area contributed by atoms with Gasteiger partial charge in [-0.1, -0.05) is 45.7 Å². The topological polar surface area (TPSA) is 52.8 Å². The number of aliphatic hydroxyl groups is 1. The van der Waals surface area contributed by atoms with Crippen molar-refractivity contribution in [2.24, 2.45) is 17.0 Å². The van der Waals surface area contributed by atoms with E-state index in [1.165, 1.54) is 0 Å². The van der Waals surface area contributed by atoms with Gasteiger partial charge in [0, 0.05) is 5.92 Å². The van der Waals surface area contributed by atoms with Crippen LogP contribution in [0, 0.1) is 11.8 Å². The van der Waals surface area contributed by atoms with Gasteiger partial charge in [0.2, 0.25) is 0 Å². The van der Waals surface area contributed by atoms with E-state index in [4.69, 9.17) is 5.21 Å². The molecule has 90 valence electrons. The lowest BCUT2D eigenvalue weighted by molar-refractivity contribution is 0.161. The van der Waals surface area contributed by atoms with Crippen LogP contribution in [0.25, 0.3) is 0 Å². The van der Waals surface area contributed by atoms with Gasteiger partial charge in [0.1, 0.15) is 0 Å². The first-order valence-electron chi connectivity index (χ1n) is 5.98. The van der Waals surface area contributed by atoms with Gasteiger partial charge in [-0.05, 0) is 18.8 Å². The van der Waals surface area contributed by atoms with Gasteiger partial charge in [-0.3, -0.25) is 0 Å². The zero-order chi connectivity index (χ0) is 11.8. The second-order valence-corrected chi connectivity index (χ2v) is 4.43. The van der Waals surface area contributed by atoms with E-state index in [-0.39, 0.29) is 11.8 Å². The SMILES string of the molecule is CCCC(C)/C(=N\O)C(O)C(C)CCC. The maximum Gasteiger partial charge on any atom is 0.0982 e. The lowest BCUT2D eigenvalue weighted by Crippen LogP contribution is -2.32. The Balaban J connectivity index is 4.40. The molecule has 0 aliphatic heterocycles. The van der Waals surface area contributed by atoms with Gasteiger partial charge in [0.05, 0.1) is 11.8 Å². The highest BCUT2D eigenvalue weighted by Gasteiger charge is 2.24. The second kappa shape index (κ2) is 7.69. The fraction of sp³-hybridized carbons (Fsp3) is 0.917. The summed E-state index contributed by atoms with van der Waals surface area (Å²) in [6.45, 7) is 8.18. The van der Waals surface area contributed by atoms with Crippen LogP contribution >= 0.6 is 0 Å². The molecule has 3 heteroatoms. The third kappa shape index (κ3) is 4.65. The molecule has 0 amide bonds. The summed E-state index contributed by atoms with van der Waals surface area (Å²) >= 11 is 0. The van der Waals surface area contributed by atoms with Gasteiger partial charge in [-0.2, -0.15) is 0 Å². The molecule has 2 N–H and O–H groups in total. The average molecular weight is 215 g/mol. The monoisotopic (exact) mass is 215 g/mol. The summed E-state index contributed by atoms with van der Waals surface area (Å²) in [7, 11) is 0. The van der Waals surface area contributed by atoms with E-state index in [2.05, 4.69) is 19.0 Å². The van der Waals surface area contributed by atoms with E-state index in [1.54, 1.807) is 0 Å². The Morgan fingerprint density at radius 3 is 2.07 bits per heavy atom. The molecule has 3 atom stereocenters. The zero-order valence-corrected chi connectivity index (χ0v) is 10.4. The molecule has 0 aromatic carbocycles. The summed E-state index contributed by atoms with van der Waals surface area (Å²) < 4.78 is 0. The van der Waals surface area contributed by atoms with E-state index >= 15 is 0 Å². The first kappa shape index (κ1) is 14.4. The van der Waals surface area contributed by atoms with Crippen LogP contribution in [0.15, 0.2) is 5.16 Å². The molecule has 0 aromatic rings. The van der Waals surface area contributed by atoms with Crippen LogP contribution < -0.4 is 0 Å². The molecule has 0 aliphatic carbocycles. The summed E-state index contributed by atoms with van der Waals surface area (Å²) in [6, 6.07) is 0. The van der Waals surface area contributed by atoms with E-state index in [0.717, 1.165) is 25.7 Å². The molecule has 0 saturated carbocycles. The summed E-state index contributed by atoms with van der Waals surface area (Å²) in [5.41, 5.74) is 0.540. The minimum atomic E-state index is -0.600. The van der Waals surface area contributed by atoms with E-state index in [1.807, 2.05) is 13.8 Å². The van der Waals surface area contributed by atoms with Gasteiger partial charge in [0.15, 0.2) is 0 Å². The van der Waals surface area contributed by atoms with Crippen molar-refractivity contribution in [2.75, 3.05) is 0 Å². The Morgan fingerprint density at radius 1 is 1.13 bits per heavy atom. The molecule has 0 bridgehead atoms. The van der Waals surface area contributed by atoms with Gasteiger partial charge >= 0.3 is 0 Å². The molecule has 0 heterocycles. The Kier molecular flexibility index (Phi) is 7.39. The summed E-state index contributed by atoms with van der Waals surface area (Å²) in [5.74, 6) is 0.328. The predicted molar refractivity (Wildman–Crippen MR) is 63.4 cm³/mol. The van der Waals surface area contributed by atoms with Crippen LogP contribution in [0.1, 0.15) is 53.4 Å². The number of nitrogens with zero attached hydrogens (tertiary/aromatic N) is 1. The van der Waals surface area contributed by atoms with Crippen LogP contribution in [-0.4, -0.2) is 22.1 Å².